The fourth-order valence-electron chi connectivity index (χ4n) is 3.47. The van der Waals surface area contributed by atoms with Crippen LogP contribution in [0, 0.1) is 12.7 Å². The van der Waals surface area contributed by atoms with Gasteiger partial charge in [-0.05, 0) is 31.9 Å². The van der Waals surface area contributed by atoms with Crippen molar-refractivity contribution in [3.63, 3.8) is 0 Å². The monoisotopic (exact) mass is 353 g/mol. The van der Waals surface area contributed by atoms with E-state index in [1.807, 2.05) is 6.92 Å². The van der Waals surface area contributed by atoms with Crippen molar-refractivity contribution in [2.45, 2.75) is 25.7 Å². The van der Waals surface area contributed by atoms with E-state index in [4.69, 9.17) is 4.42 Å². The third kappa shape index (κ3) is 2.87. The van der Waals surface area contributed by atoms with Crippen LogP contribution in [0.4, 0.5) is 16.2 Å². The molecule has 0 spiro atoms. The SMILES string of the molecule is Cc1nc(C2CC2)cc(N2CCN(c3nc4ccc(F)cc4o3)CC2)n1. The molecule has 1 saturated carbocycles. The summed E-state index contributed by atoms with van der Waals surface area (Å²) in [6.45, 7) is 5.22. The number of oxazole rings is 1. The molecule has 0 unspecified atom stereocenters. The van der Waals surface area contributed by atoms with E-state index in [2.05, 4.69) is 30.8 Å². The predicted molar refractivity (Wildman–Crippen MR) is 97.1 cm³/mol. The van der Waals surface area contributed by atoms with Crippen molar-refractivity contribution in [2.75, 3.05) is 36.0 Å². The van der Waals surface area contributed by atoms with Crippen molar-refractivity contribution >= 4 is 22.9 Å². The van der Waals surface area contributed by atoms with Gasteiger partial charge in [0.1, 0.15) is 23.0 Å². The Morgan fingerprint density at radius 3 is 2.54 bits per heavy atom. The highest BCUT2D eigenvalue weighted by molar-refractivity contribution is 5.74. The van der Waals surface area contributed by atoms with E-state index in [9.17, 15) is 4.39 Å². The number of hydrogen-bond donors (Lipinski definition) is 0. The molecule has 1 aliphatic carbocycles. The molecular weight excluding hydrogens is 333 g/mol. The van der Waals surface area contributed by atoms with Crippen LogP contribution in [-0.2, 0) is 0 Å². The van der Waals surface area contributed by atoms with Crippen molar-refractivity contribution in [1.29, 1.82) is 0 Å². The van der Waals surface area contributed by atoms with Gasteiger partial charge in [0.15, 0.2) is 5.58 Å². The van der Waals surface area contributed by atoms with Gasteiger partial charge in [-0.2, -0.15) is 4.98 Å². The fraction of sp³-hybridized carbons (Fsp3) is 0.421. The lowest BCUT2D eigenvalue weighted by Crippen LogP contribution is -2.47. The number of nitrogens with zero attached hydrogens (tertiary/aromatic N) is 5. The van der Waals surface area contributed by atoms with E-state index in [1.54, 1.807) is 6.07 Å². The lowest BCUT2D eigenvalue weighted by molar-refractivity contribution is 0.538. The third-order valence-electron chi connectivity index (χ3n) is 5.05. The van der Waals surface area contributed by atoms with Gasteiger partial charge in [-0.1, -0.05) is 0 Å². The van der Waals surface area contributed by atoms with Crippen molar-refractivity contribution in [3.05, 3.63) is 41.6 Å². The Kier molecular flexibility index (Phi) is 3.55. The number of aryl methyl sites for hydroxylation is 1. The van der Waals surface area contributed by atoms with Gasteiger partial charge >= 0.3 is 0 Å². The summed E-state index contributed by atoms with van der Waals surface area (Å²) in [5, 5.41) is 0. The highest BCUT2D eigenvalue weighted by Crippen LogP contribution is 2.39. The average molecular weight is 353 g/mol. The zero-order valence-electron chi connectivity index (χ0n) is 14.7. The van der Waals surface area contributed by atoms with Crippen LogP contribution in [0.3, 0.4) is 0 Å². The number of benzene rings is 1. The maximum Gasteiger partial charge on any atom is 0.298 e. The number of fused-ring (bicyclic) bond motifs is 1. The molecule has 2 aliphatic rings. The minimum absolute atomic E-state index is 0.310. The normalized spacial score (nSPS) is 17.9. The Morgan fingerprint density at radius 1 is 1.00 bits per heavy atom. The van der Waals surface area contributed by atoms with Crippen LogP contribution >= 0.6 is 0 Å². The van der Waals surface area contributed by atoms with Gasteiger partial charge < -0.3 is 14.2 Å². The molecule has 26 heavy (non-hydrogen) atoms. The van der Waals surface area contributed by atoms with E-state index in [0.29, 0.717) is 23.0 Å². The number of hydrogen-bond acceptors (Lipinski definition) is 6. The maximum absolute atomic E-state index is 13.3. The van der Waals surface area contributed by atoms with Crippen LogP contribution in [-0.4, -0.2) is 41.1 Å². The molecule has 134 valence electrons. The van der Waals surface area contributed by atoms with Gasteiger partial charge in [0.25, 0.3) is 6.01 Å². The maximum atomic E-state index is 13.3. The summed E-state index contributed by atoms with van der Waals surface area (Å²) in [6, 6.07) is 7.13. The fourth-order valence-corrected chi connectivity index (χ4v) is 3.47. The smallest absolute Gasteiger partial charge is 0.298 e. The molecule has 3 heterocycles. The quantitative estimate of drug-likeness (QED) is 0.720. The van der Waals surface area contributed by atoms with Crippen LogP contribution in [0.2, 0.25) is 0 Å². The van der Waals surface area contributed by atoms with Crippen LogP contribution < -0.4 is 9.80 Å². The lowest BCUT2D eigenvalue weighted by Gasteiger charge is -2.34. The predicted octanol–water partition coefficient (Wildman–Crippen LogP) is 3.27. The Morgan fingerprint density at radius 2 is 1.77 bits per heavy atom. The zero-order chi connectivity index (χ0) is 17.7. The van der Waals surface area contributed by atoms with Crippen molar-refractivity contribution in [1.82, 2.24) is 15.0 Å². The molecule has 6 nitrogen and oxygen atoms in total. The van der Waals surface area contributed by atoms with Gasteiger partial charge in [0, 0.05) is 49.9 Å². The van der Waals surface area contributed by atoms with Crippen LogP contribution in [0.15, 0.2) is 28.7 Å². The summed E-state index contributed by atoms with van der Waals surface area (Å²) in [7, 11) is 0. The van der Waals surface area contributed by atoms with Gasteiger partial charge in [-0.15, -0.1) is 0 Å². The summed E-state index contributed by atoms with van der Waals surface area (Å²) in [5.74, 6) is 2.17. The molecule has 0 atom stereocenters. The molecule has 1 aliphatic heterocycles. The molecule has 0 amide bonds. The van der Waals surface area contributed by atoms with E-state index >= 15 is 0 Å². The Hall–Kier alpha value is -2.70. The number of anilines is 2. The first-order chi connectivity index (χ1) is 12.7. The highest BCUT2D eigenvalue weighted by Gasteiger charge is 2.27. The highest BCUT2D eigenvalue weighted by atomic mass is 19.1. The molecule has 3 aromatic rings. The second-order valence-corrected chi connectivity index (χ2v) is 7.06. The first-order valence-corrected chi connectivity index (χ1v) is 9.07. The lowest BCUT2D eigenvalue weighted by atomic mass is 10.2. The van der Waals surface area contributed by atoms with Gasteiger partial charge in [0.05, 0.1) is 0 Å². The topological polar surface area (TPSA) is 58.3 Å². The van der Waals surface area contributed by atoms with E-state index in [1.165, 1.54) is 30.7 Å². The zero-order valence-corrected chi connectivity index (χ0v) is 14.7. The number of aromatic nitrogens is 3. The second kappa shape index (κ2) is 5.93. The Balaban J connectivity index is 1.32. The van der Waals surface area contributed by atoms with Crippen LogP contribution in [0.5, 0.6) is 0 Å². The molecular formula is C19H20FN5O. The molecule has 0 N–H and O–H groups in total. The van der Waals surface area contributed by atoms with Crippen LogP contribution in [0.1, 0.15) is 30.3 Å². The van der Waals surface area contributed by atoms with Crippen molar-refractivity contribution in [3.8, 4) is 0 Å². The van der Waals surface area contributed by atoms with Gasteiger partial charge in [0.2, 0.25) is 0 Å². The average Bonchev–Trinajstić information content (AvgIpc) is 3.41. The summed E-state index contributed by atoms with van der Waals surface area (Å²) in [5.41, 5.74) is 2.35. The number of rotatable bonds is 3. The van der Waals surface area contributed by atoms with Gasteiger partial charge in [-0.3, -0.25) is 0 Å². The standard InChI is InChI=1S/C19H20FN5O/c1-12-21-16(13-2-3-13)11-18(22-12)24-6-8-25(9-7-24)19-23-15-5-4-14(20)10-17(15)26-19/h4-5,10-11,13H,2-3,6-9H2,1H3. The molecule has 0 bridgehead atoms. The van der Waals surface area contributed by atoms with Crippen LogP contribution in [0.25, 0.3) is 11.1 Å². The molecule has 1 aromatic carbocycles. The summed E-state index contributed by atoms with van der Waals surface area (Å²) in [6.07, 6.45) is 2.48. The second-order valence-electron chi connectivity index (χ2n) is 7.06. The first kappa shape index (κ1) is 15.5. The largest absolute Gasteiger partial charge is 0.423 e. The molecule has 1 saturated heterocycles. The van der Waals surface area contributed by atoms with Crippen molar-refractivity contribution in [2.24, 2.45) is 0 Å². The molecule has 2 fully saturated rings. The van der Waals surface area contributed by atoms with Gasteiger partial charge in [-0.25, -0.2) is 14.4 Å². The third-order valence-corrected chi connectivity index (χ3v) is 5.05. The Bertz CT molecular complexity index is 960. The van der Waals surface area contributed by atoms with E-state index < -0.39 is 0 Å². The number of piperazine rings is 1. The molecule has 0 radical (unpaired) electrons. The molecule has 5 rings (SSSR count). The minimum atomic E-state index is -0.310. The first-order valence-electron chi connectivity index (χ1n) is 9.07. The molecule has 7 heteroatoms. The molecule has 2 aromatic heterocycles. The van der Waals surface area contributed by atoms with E-state index in [-0.39, 0.29) is 5.82 Å². The summed E-state index contributed by atoms with van der Waals surface area (Å²) >= 11 is 0. The van der Waals surface area contributed by atoms with Crippen molar-refractivity contribution < 1.29 is 8.81 Å². The van der Waals surface area contributed by atoms with E-state index in [0.717, 1.165) is 37.8 Å². The number of halogens is 1. The summed E-state index contributed by atoms with van der Waals surface area (Å²) in [4.78, 5) is 18.1. The minimum Gasteiger partial charge on any atom is -0.423 e. The Labute approximate surface area is 150 Å². The summed E-state index contributed by atoms with van der Waals surface area (Å²) < 4.78 is 19.1.